The van der Waals surface area contributed by atoms with E-state index in [4.69, 9.17) is 14.2 Å². The minimum Gasteiger partial charge on any atom is -0.493 e. The van der Waals surface area contributed by atoms with Crippen molar-refractivity contribution >= 4 is 15.9 Å². The molecule has 0 unspecified atom stereocenters. The normalized spacial score (nSPS) is 11.4. The fourth-order valence-electron chi connectivity index (χ4n) is 3.12. The van der Waals surface area contributed by atoms with Gasteiger partial charge in [-0.25, -0.2) is 8.42 Å². The molecular formula is C20H29N3O6S. The summed E-state index contributed by atoms with van der Waals surface area (Å²) < 4.78 is 44.2. The topological polar surface area (TPSA) is 99.1 Å². The second-order valence-corrected chi connectivity index (χ2v) is 8.42. The summed E-state index contributed by atoms with van der Waals surface area (Å²) >= 11 is 0. The van der Waals surface area contributed by atoms with Gasteiger partial charge in [-0.3, -0.25) is 4.79 Å². The minimum absolute atomic E-state index is 0.0895. The molecule has 0 aliphatic rings. The Morgan fingerprint density at radius 3 is 2.07 bits per heavy atom. The van der Waals surface area contributed by atoms with E-state index in [9.17, 15) is 13.2 Å². The van der Waals surface area contributed by atoms with Gasteiger partial charge in [-0.05, 0) is 23.8 Å². The number of methoxy groups -OCH3 is 3. The van der Waals surface area contributed by atoms with E-state index in [2.05, 4.69) is 5.32 Å². The number of nitrogens with zero attached hydrogens (tertiary/aromatic N) is 2. The Bertz CT molecular complexity index is 971. The SMILES string of the molecule is CCN(CC)S(=O)(=O)c1cc(C(=O)NCc2cc(OC)c(OC)c(OC)c2)n(C)c1. The molecule has 0 saturated carbocycles. The van der Waals surface area contributed by atoms with Crippen LogP contribution in [0.15, 0.2) is 29.3 Å². The average Bonchev–Trinajstić information content (AvgIpc) is 3.14. The van der Waals surface area contributed by atoms with Crippen LogP contribution in [0.4, 0.5) is 0 Å². The lowest BCUT2D eigenvalue weighted by atomic mass is 10.1. The summed E-state index contributed by atoms with van der Waals surface area (Å²) in [5.41, 5.74) is 0.983. The van der Waals surface area contributed by atoms with Crippen LogP contribution in [-0.4, -0.2) is 57.6 Å². The zero-order valence-electron chi connectivity index (χ0n) is 18.2. The van der Waals surface area contributed by atoms with Crippen LogP contribution < -0.4 is 19.5 Å². The minimum atomic E-state index is -3.64. The van der Waals surface area contributed by atoms with Crippen LogP contribution in [0.1, 0.15) is 29.9 Å². The molecule has 2 aromatic rings. The summed E-state index contributed by atoms with van der Waals surface area (Å²) in [6.07, 6.45) is 1.45. The molecule has 0 radical (unpaired) electrons. The fraction of sp³-hybridized carbons (Fsp3) is 0.450. The third-order valence-electron chi connectivity index (χ3n) is 4.73. The highest BCUT2D eigenvalue weighted by molar-refractivity contribution is 7.89. The van der Waals surface area contributed by atoms with Gasteiger partial charge >= 0.3 is 0 Å². The van der Waals surface area contributed by atoms with E-state index in [1.807, 2.05) is 0 Å². The third kappa shape index (κ3) is 4.71. The number of benzene rings is 1. The van der Waals surface area contributed by atoms with Gasteiger partial charge < -0.3 is 24.1 Å². The molecule has 0 fully saturated rings. The van der Waals surface area contributed by atoms with Crippen molar-refractivity contribution in [2.75, 3.05) is 34.4 Å². The number of aromatic nitrogens is 1. The maximum Gasteiger partial charge on any atom is 0.268 e. The molecular weight excluding hydrogens is 410 g/mol. The van der Waals surface area contributed by atoms with Crippen molar-refractivity contribution < 1.29 is 27.4 Å². The number of hydrogen-bond donors (Lipinski definition) is 1. The first kappa shape index (κ1) is 23.6. The number of nitrogens with one attached hydrogen (secondary N) is 1. The van der Waals surface area contributed by atoms with Crippen molar-refractivity contribution in [2.24, 2.45) is 7.05 Å². The molecule has 166 valence electrons. The average molecular weight is 440 g/mol. The second kappa shape index (κ2) is 9.86. The van der Waals surface area contributed by atoms with Crippen LogP contribution in [0.2, 0.25) is 0 Å². The predicted molar refractivity (Wildman–Crippen MR) is 113 cm³/mol. The highest BCUT2D eigenvalue weighted by Crippen LogP contribution is 2.38. The number of ether oxygens (including phenoxy) is 3. The maximum absolute atomic E-state index is 12.7. The molecule has 1 amide bonds. The highest BCUT2D eigenvalue weighted by Gasteiger charge is 2.25. The summed E-state index contributed by atoms with van der Waals surface area (Å²) in [7, 11) is 2.54. The molecule has 9 nitrogen and oxygen atoms in total. The lowest BCUT2D eigenvalue weighted by molar-refractivity contribution is 0.0942. The number of rotatable bonds is 10. The molecule has 0 spiro atoms. The largest absolute Gasteiger partial charge is 0.493 e. The summed E-state index contributed by atoms with van der Waals surface area (Å²) in [6, 6.07) is 4.87. The Balaban J connectivity index is 2.23. The Labute approximate surface area is 177 Å². The summed E-state index contributed by atoms with van der Waals surface area (Å²) in [5, 5.41) is 2.80. The molecule has 30 heavy (non-hydrogen) atoms. The lowest BCUT2D eigenvalue weighted by Gasteiger charge is -2.17. The van der Waals surface area contributed by atoms with E-state index in [0.717, 1.165) is 5.56 Å². The standard InChI is InChI=1S/C20H29N3O6S/c1-7-23(8-2)30(25,26)15-11-16(22(3)13-15)20(24)21-12-14-9-17(27-4)19(29-6)18(10-14)28-5/h9-11,13H,7-8,12H2,1-6H3,(H,21,24). The highest BCUT2D eigenvalue weighted by atomic mass is 32.2. The molecule has 1 heterocycles. The predicted octanol–water partition coefficient (Wildman–Crippen LogP) is 2.01. The smallest absolute Gasteiger partial charge is 0.268 e. The number of aryl methyl sites for hydroxylation is 1. The lowest BCUT2D eigenvalue weighted by Crippen LogP contribution is -2.30. The van der Waals surface area contributed by atoms with Gasteiger partial charge in [0.1, 0.15) is 10.6 Å². The second-order valence-electron chi connectivity index (χ2n) is 6.48. The van der Waals surface area contributed by atoms with Crippen LogP contribution in [0.3, 0.4) is 0 Å². The van der Waals surface area contributed by atoms with E-state index in [1.165, 1.54) is 42.5 Å². The first-order valence-corrected chi connectivity index (χ1v) is 10.9. The summed E-state index contributed by atoms with van der Waals surface area (Å²) in [4.78, 5) is 12.8. The van der Waals surface area contributed by atoms with Crippen LogP contribution in [0, 0.1) is 0 Å². The molecule has 1 aromatic heterocycles. The Morgan fingerprint density at radius 1 is 1.03 bits per heavy atom. The van der Waals surface area contributed by atoms with Gasteiger partial charge in [0.2, 0.25) is 15.8 Å². The monoisotopic (exact) mass is 439 g/mol. The number of hydrogen-bond acceptors (Lipinski definition) is 6. The van der Waals surface area contributed by atoms with Gasteiger partial charge in [-0.1, -0.05) is 13.8 Å². The number of amides is 1. The molecule has 0 atom stereocenters. The molecule has 0 aliphatic carbocycles. The van der Waals surface area contributed by atoms with Crippen molar-refractivity contribution in [3.63, 3.8) is 0 Å². The van der Waals surface area contributed by atoms with Crippen molar-refractivity contribution in [2.45, 2.75) is 25.3 Å². The van der Waals surface area contributed by atoms with Gasteiger partial charge in [-0.2, -0.15) is 4.31 Å². The maximum atomic E-state index is 12.7. The quantitative estimate of drug-likeness (QED) is 0.608. The van der Waals surface area contributed by atoms with Gasteiger partial charge in [0.15, 0.2) is 11.5 Å². The number of sulfonamides is 1. The Hall–Kier alpha value is -2.72. The first-order chi connectivity index (χ1) is 14.2. The van der Waals surface area contributed by atoms with Crippen LogP contribution >= 0.6 is 0 Å². The van der Waals surface area contributed by atoms with E-state index in [1.54, 1.807) is 33.0 Å². The third-order valence-corrected chi connectivity index (χ3v) is 6.75. The van der Waals surface area contributed by atoms with E-state index >= 15 is 0 Å². The summed E-state index contributed by atoms with van der Waals surface area (Å²) in [6.45, 7) is 4.45. The van der Waals surface area contributed by atoms with Gasteiger partial charge in [0, 0.05) is 32.9 Å². The van der Waals surface area contributed by atoms with Crippen molar-refractivity contribution in [1.29, 1.82) is 0 Å². The van der Waals surface area contributed by atoms with Crippen molar-refractivity contribution in [3.05, 3.63) is 35.7 Å². The Kier molecular flexibility index (Phi) is 7.74. The zero-order valence-corrected chi connectivity index (χ0v) is 19.0. The van der Waals surface area contributed by atoms with Crippen molar-refractivity contribution in [1.82, 2.24) is 14.2 Å². The summed E-state index contributed by atoms with van der Waals surface area (Å²) in [5.74, 6) is 1.02. The van der Waals surface area contributed by atoms with Gasteiger partial charge in [-0.15, -0.1) is 0 Å². The molecule has 1 N–H and O–H groups in total. The van der Waals surface area contributed by atoms with Crippen LogP contribution in [0.25, 0.3) is 0 Å². The van der Waals surface area contributed by atoms with Crippen LogP contribution in [-0.2, 0) is 23.6 Å². The van der Waals surface area contributed by atoms with E-state index in [0.29, 0.717) is 30.3 Å². The zero-order chi connectivity index (χ0) is 22.5. The fourth-order valence-corrected chi connectivity index (χ4v) is 4.65. The number of carbonyl (C=O) groups excluding carboxylic acids is 1. The van der Waals surface area contributed by atoms with E-state index in [-0.39, 0.29) is 17.1 Å². The first-order valence-electron chi connectivity index (χ1n) is 9.46. The molecule has 0 bridgehead atoms. The molecule has 1 aromatic carbocycles. The van der Waals surface area contributed by atoms with Crippen molar-refractivity contribution in [3.8, 4) is 17.2 Å². The van der Waals surface area contributed by atoms with Gasteiger partial charge in [0.25, 0.3) is 5.91 Å². The molecule has 10 heteroatoms. The van der Waals surface area contributed by atoms with Gasteiger partial charge in [0.05, 0.1) is 21.3 Å². The van der Waals surface area contributed by atoms with Crippen LogP contribution in [0.5, 0.6) is 17.2 Å². The number of carbonyl (C=O) groups is 1. The Morgan fingerprint density at radius 2 is 1.60 bits per heavy atom. The molecule has 2 rings (SSSR count). The molecule has 0 saturated heterocycles. The molecule has 0 aliphatic heterocycles. The van der Waals surface area contributed by atoms with E-state index < -0.39 is 15.9 Å².